The third-order valence-electron chi connectivity index (χ3n) is 2.49. The van der Waals surface area contributed by atoms with Crippen LogP contribution in [0.4, 0.5) is 0 Å². The van der Waals surface area contributed by atoms with Crippen LogP contribution in [0.25, 0.3) is 22.3 Å². The molecular formula is C12H9N3O2. The first-order chi connectivity index (χ1) is 8.38. The number of aromatic nitrogens is 3. The molecule has 0 unspecified atom stereocenters. The summed E-state index contributed by atoms with van der Waals surface area (Å²) in [6.45, 7) is 0. The Morgan fingerprint density at radius 3 is 2.82 bits per heavy atom. The van der Waals surface area contributed by atoms with E-state index >= 15 is 0 Å². The quantitative estimate of drug-likeness (QED) is 0.672. The van der Waals surface area contributed by atoms with Gasteiger partial charge in [0, 0.05) is 5.39 Å². The largest absolute Gasteiger partial charge is 0.477 e. The molecule has 0 fully saturated rings. The van der Waals surface area contributed by atoms with Crippen LogP contribution in [0.2, 0.25) is 0 Å². The number of hydrogen-bond acceptors (Lipinski definition) is 5. The van der Waals surface area contributed by atoms with E-state index in [1.165, 1.54) is 7.11 Å². The molecule has 0 atom stereocenters. The Morgan fingerprint density at radius 2 is 1.94 bits per heavy atom. The second-order valence-electron chi connectivity index (χ2n) is 3.51. The Morgan fingerprint density at radius 1 is 1.06 bits per heavy atom. The Kier molecular flexibility index (Phi) is 2.22. The van der Waals surface area contributed by atoms with Gasteiger partial charge >= 0.3 is 0 Å². The summed E-state index contributed by atoms with van der Waals surface area (Å²) >= 11 is 0. The van der Waals surface area contributed by atoms with E-state index < -0.39 is 0 Å². The van der Waals surface area contributed by atoms with Gasteiger partial charge in [0.1, 0.15) is 0 Å². The van der Waals surface area contributed by atoms with Crippen LogP contribution in [0.3, 0.4) is 0 Å². The highest BCUT2D eigenvalue weighted by Crippen LogP contribution is 2.25. The van der Waals surface area contributed by atoms with Gasteiger partial charge in [-0.1, -0.05) is 24.3 Å². The molecule has 1 aromatic carbocycles. The third-order valence-corrected chi connectivity index (χ3v) is 2.49. The molecule has 0 spiro atoms. The maximum atomic E-state index is 5.04. The van der Waals surface area contributed by atoms with Gasteiger partial charge in [0.15, 0.2) is 5.69 Å². The second-order valence-corrected chi connectivity index (χ2v) is 3.51. The number of methoxy groups -OCH3 is 1. The fraction of sp³-hybridized carbons (Fsp3) is 0.0833. The lowest BCUT2D eigenvalue weighted by atomic mass is 10.2. The SMILES string of the molecule is COc1nonc1-c1ccc2ccccc2n1. The minimum Gasteiger partial charge on any atom is -0.477 e. The van der Waals surface area contributed by atoms with Crippen molar-refractivity contribution in [3.63, 3.8) is 0 Å². The smallest absolute Gasteiger partial charge is 0.285 e. The van der Waals surface area contributed by atoms with Gasteiger partial charge in [-0.15, -0.1) is 0 Å². The van der Waals surface area contributed by atoms with E-state index in [1.807, 2.05) is 36.4 Å². The first kappa shape index (κ1) is 9.77. The molecule has 17 heavy (non-hydrogen) atoms. The van der Waals surface area contributed by atoms with E-state index in [2.05, 4.69) is 19.9 Å². The van der Waals surface area contributed by atoms with E-state index in [4.69, 9.17) is 4.74 Å². The Hall–Kier alpha value is -2.43. The summed E-state index contributed by atoms with van der Waals surface area (Å²) < 4.78 is 9.68. The van der Waals surface area contributed by atoms with Gasteiger partial charge in [-0.05, 0) is 22.4 Å². The summed E-state index contributed by atoms with van der Waals surface area (Å²) in [5.74, 6) is 0.341. The van der Waals surface area contributed by atoms with Gasteiger partial charge in [0.2, 0.25) is 0 Å². The molecule has 84 valence electrons. The standard InChI is InChI=1S/C12H9N3O2/c1-16-12-11(14-17-15-12)10-7-6-8-4-2-3-5-9(8)13-10/h2-7H,1H3. The fourth-order valence-corrected chi connectivity index (χ4v) is 1.67. The van der Waals surface area contributed by atoms with Gasteiger partial charge in [0.25, 0.3) is 5.88 Å². The summed E-state index contributed by atoms with van der Waals surface area (Å²) in [5.41, 5.74) is 2.09. The number of rotatable bonds is 2. The molecule has 0 aliphatic rings. The number of ether oxygens (including phenoxy) is 1. The zero-order valence-electron chi connectivity index (χ0n) is 9.12. The topological polar surface area (TPSA) is 61.0 Å². The van der Waals surface area contributed by atoms with Crippen LogP contribution in [0, 0.1) is 0 Å². The van der Waals surface area contributed by atoms with Crippen LogP contribution in [-0.4, -0.2) is 22.4 Å². The van der Waals surface area contributed by atoms with Gasteiger partial charge in [-0.25, -0.2) is 9.61 Å². The average molecular weight is 227 g/mol. The lowest BCUT2D eigenvalue weighted by Crippen LogP contribution is -1.89. The van der Waals surface area contributed by atoms with Crippen molar-refractivity contribution >= 4 is 10.9 Å². The highest BCUT2D eigenvalue weighted by Gasteiger charge is 2.14. The van der Waals surface area contributed by atoms with Gasteiger partial charge in [0.05, 0.1) is 18.3 Å². The highest BCUT2D eigenvalue weighted by molar-refractivity contribution is 5.81. The van der Waals surface area contributed by atoms with Crippen LogP contribution < -0.4 is 4.74 Å². The number of para-hydroxylation sites is 1. The molecule has 0 amide bonds. The molecular weight excluding hydrogens is 218 g/mol. The van der Waals surface area contributed by atoms with E-state index in [1.54, 1.807) is 0 Å². The Balaban J connectivity index is 2.18. The van der Waals surface area contributed by atoms with Crippen molar-refractivity contribution in [2.75, 3.05) is 7.11 Å². The van der Waals surface area contributed by atoms with Crippen molar-refractivity contribution in [1.29, 1.82) is 0 Å². The molecule has 2 aromatic heterocycles. The molecule has 3 rings (SSSR count). The maximum absolute atomic E-state index is 5.04. The summed E-state index contributed by atoms with van der Waals surface area (Å²) in [5, 5.41) is 8.51. The molecule has 0 saturated carbocycles. The predicted molar refractivity (Wildman–Crippen MR) is 61.6 cm³/mol. The lowest BCUT2D eigenvalue weighted by Gasteiger charge is -2.00. The highest BCUT2D eigenvalue weighted by atomic mass is 16.6. The van der Waals surface area contributed by atoms with Crippen molar-refractivity contribution in [3.05, 3.63) is 36.4 Å². The predicted octanol–water partition coefficient (Wildman–Crippen LogP) is 2.29. The van der Waals surface area contributed by atoms with Crippen molar-refractivity contribution in [3.8, 4) is 17.3 Å². The van der Waals surface area contributed by atoms with E-state index in [0.717, 1.165) is 10.9 Å². The van der Waals surface area contributed by atoms with E-state index in [0.29, 0.717) is 17.3 Å². The van der Waals surface area contributed by atoms with Gasteiger partial charge in [-0.3, -0.25) is 0 Å². The third kappa shape index (κ3) is 1.61. The van der Waals surface area contributed by atoms with E-state index in [9.17, 15) is 0 Å². The molecule has 2 heterocycles. The normalized spacial score (nSPS) is 10.6. The molecule has 0 aliphatic heterocycles. The van der Waals surface area contributed by atoms with Crippen LogP contribution in [0.1, 0.15) is 0 Å². The zero-order chi connectivity index (χ0) is 11.7. The molecule has 5 nitrogen and oxygen atoms in total. The van der Waals surface area contributed by atoms with Crippen LogP contribution in [0.5, 0.6) is 5.88 Å². The first-order valence-electron chi connectivity index (χ1n) is 5.11. The van der Waals surface area contributed by atoms with Crippen molar-refractivity contribution in [2.45, 2.75) is 0 Å². The monoisotopic (exact) mass is 227 g/mol. The van der Waals surface area contributed by atoms with Crippen LogP contribution in [0.15, 0.2) is 41.0 Å². The second kappa shape index (κ2) is 3.86. The average Bonchev–Trinajstić information content (AvgIpc) is 2.86. The lowest BCUT2D eigenvalue weighted by molar-refractivity contribution is 0.282. The minimum absolute atomic E-state index is 0.341. The molecule has 0 bridgehead atoms. The number of nitrogens with zero attached hydrogens (tertiary/aromatic N) is 3. The number of hydrogen-bond donors (Lipinski definition) is 0. The van der Waals surface area contributed by atoms with Gasteiger partial charge in [-0.2, -0.15) is 0 Å². The summed E-state index contributed by atoms with van der Waals surface area (Å²) in [6, 6.07) is 11.7. The Bertz CT molecular complexity index is 663. The van der Waals surface area contributed by atoms with Crippen LogP contribution >= 0.6 is 0 Å². The molecule has 0 N–H and O–H groups in total. The molecule has 0 aliphatic carbocycles. The molecule has 3 aromatic rings. The molecule has 0 radical (unpaired) electrons. The zero-order valence-corrected chi connectivity index (χ0v) is 9.12. The van der Waals surface area contributed by atoms with Crippen molar-refractivity contribution < 1.29 is 9.37 Å². The van der Waals surface area contributed by atoms with E-state index in [-0.39, 0.29) is 0 Å². The summed E-state index contributed by atoms with van der Waals surface area (Å²) in [4.78, 5) is 4.48. The van der Waals surface area contributed by atoms with Crippen LogP contribution in [-0.2, 0) is 0 Å². The number of benzene rings is 1. The summed E-state index contributed by atoms with van der Waals surface area (Å²) in [7, 11) is 1.52. The maximum Gasteiger partial charge on any atom is 0.285 e. The molecule has 0 saturated heterocycles. The Labute approximate surface area is 97.0 Å². The van der Waals surface area contributed by atoms with Crippen molar-refractivity contribution in [2.24, 2.45) is 0 Å². The minimum atomic E-state index is 0.341. The first-order valence-corrected chi connectivity index (χ1v) is 5.11. The fourth-order valence-electron chi connectivity index (χ4n) is 1.67. The summed E-state index contributed by atoms with van der Waals surface area (Å²) in [6.07, 6.45) is 0. The van der Waals surface area contributed by atoms with Gasteiger partial charge < -0.3 is 4.74 Å². The number of fused-ring (bicyclic) bond motifs is 1. The molecule has 5 heteroatoms. The number of pyridine rings is 1. The van der Waals surface area contributed by atoms with Crippen molar-refractivity contribution in [1.82, 2.24) is 15.3 Å².